The number of amides is 1. The zero-order chi connectivity index (χ0) is 15.8. The molecule has 0 aliphatic carbocycles. The van der Waals surface area contributed by atoms with E-state index >= 15 is 0 Å². The number of rotatable bonds is 8. The van der Waals surface area contributed by atoms with Crippen LogP contribution in [0, 0.1) is 12.8 Å². The summed E-state index contributed by atoms with van der Waals surface area (Å²) < 4.78 is 0. The van der Waals surface area contributed by atoms with Crippen LogP contribution in [0.15, 0.2) is 18.2 Å². The molecule has 4 heteroatoms. The van der Waals surface area contributed by atoms with Crippen molar-refractivity contribution in [3.05, 3.63) is 29.3 Å². The maximum absolute atomic E-state index is 11.7. The molecule has 118 valence electrons. The molecule has 2 N–H and O–H groups in total. The van der Waals surface area contributed by atoms with Gasteiger partial charge in [-0.15, -0.1) is 0 Å². The summed E-state index contributed by atoms with van der Waals surface area (Å²) in [6.07, 6.45) is 0. The number of carbonyl (C=O) groups is 1. The summed E-state index contributed by atoms with van der Waals surface area (Å²) in [6.45, 7) is 11.3. The zero-order valence-electron chi connectivity index (χ0n) is 14.0. The molecule has 0 fully saturated rings. The Morgan fingerprint density at radius 1 is 1.33 bits per heavy atom. The Hall–Kier alpha value is -1.55. The minimum absolute atomic E-state index is 0.0571. The van der Waals surface area contributed by atoms with Crippen LogP contribution in [-0.4, -0.2) is 32.6 Å². The number of benzene rings is 1. The second-order valence-electron chi connectivity index (χ2n) is 5.97. The Morgan fingerprint density at radius 2 is 2.05 bits per heavy atom. The van der Waals surface area contributed by atoms with Gasteiger partial charge in [-0.2, -0.15) is 0 Å². The lowest BCUT2D eigenvalue weighted by Gasteiger charge is -2.23. The van der Waals surface area contributed by atoms with E-state index in [1.807, 2.05) is 18.9 Å². The van der Waals surface area contributed by atoms with Gasteiger partial charge in [-0.25, -0.2) is 0 Å². The van der Waals surface area contributed by atoms with Gasteiger partial charge in [-0.3, -0.25) is 4.79 Å². The smallest absolute Gasteiger partial charge is 0.239 e. The number of hydrogen-bond acceptors (Lipinski definition) is 3. The molecule has 0 saturated heterocycles. The molecule has 0 bridgehead atoms. The van der Waals surface area contributed by atoms with Gasteiger partial charge in [0.15, 0.2) is 0 Å². The molecule has 0 aliphatic rings. The van der Waals surface area contributed by atoms with E-state index in [0.29, 0.717) is 19.0 Å². The molecule has 1 aromatic carbocycles. The molecule has 21 heavy (non-hydrogen) atoms. The van der Waals surface area contributed by atoms with Crippen LogP contribution >= 0.6 is 0 Å². The summed E-state index contributed by atoms with van der Waals surface area (Å²) in [6, 6.07) is 6.38. The van der Waals surface area contributed by atoms with Crippen molar-refractivity contribution in [2.75, 3.05) is 31.6 Å². The highest BCUT2D eigenvalue weighted by Crippen LogP contribution is 2.21. The average molecular weight is 291 g/mol. The Labute approximate surface area is 128 Å². The Kier molecular flexibility index (Phi) is 7.23. The second-order valence-corrected chi connectivity index (χ2v) is 5.97. The van der Waals surface area contributed by atoms with E-state index in [9.17, 15) is 4.79 Å². The van der Waals surface area contributed by atoms with Crippen molar-refractivity contribution in [3.63, 3.8) is 0 Å². The molecule has 1 rings (SSSR count). The maximum atomic E-state index is 11.7. The summed E-state index contributed by atoms with van der Waals surface area (Å²) in [5.41, 5.74) is 3.59. The first kappa shape index (κ1) is 17.5. The van der Waals surface area contributed by atoms with Crippen molar-refractivity contribution < 1.29 is 4.79 Å². The number of carbonyl (C=O) groups excluding carboxylic acids is 1. The van der Waals surface area contributed by atoms with Gasteiger partial charge in [0.25, 0.3) is 0 Å². The first-order chi connectivity index (χ1) is 9.93. The van der Waals surface area contributed by atoms with E-state index in [1.165, 1.54) is 11.1 Å². The van der Waals surface area contributed by atoms with Crippen LogP contribution in [0.5, 0.6) is 0 Å². The zero-order valence-corrected chi connectivity index (χ0v) is 14.0. The predicted octanol–water partition coefficient (Wildman–Crippen LogP) is 2.31. The second kappa shape index (κ2) is 8.67. The number of nitrogens with zero attached hydrogens (tertiary/aromatic N) is 1. The van der Waals surface area contributed by atoms with Crippen molar-refractivity contribution in [3.8, 4) is 0 Å². The SMILES string of the molecule is CCNC(=O)CN(C)c1ccc(C)cc1CNCC(C)C. The normalized spacial score (nSPS) is 10.8. The van der Waals surface area contributed by atoms with Gasteiger partial charge >= 0.3 is 0 Å². The molecule has 0 unspecified atom stereocenters. The summed E-state index contributed by atoms with van der Waals surface area (Å²) in [4.78, 5) is 13.8. The lowest BCUT2D eigenvalue weighted by Crippen LogP contribution is -2.35. The summed E-state index contributed by atoms with van der Waals surface area (Å²) in [5.74, 6) is 0.688. The predicted molar refractivity (Wildman–Crippen MR) is 89.7 cm³/mol. The average Bonchev–Trinajstić information content (AvgIpc) is 2.38. The van der Waals surface area contributed by atoms with Crippen LogP contribution in [0.25, 0.3) is 0 Å². The topological polar surface area (TPSA) is 44.4 Å². The molecular formula is C17H29N3O. The largest absolute Gasteiger partial charge is 0.365 e. The van der Waals surface area contributed by atoms with Crippen molar-refractivity contribution in [1.82, 2.24) is 10.6 Å². The molecule has 1 amide bonds. The molecule has 0 aliphatic heterocycles. The van der Waals surface area contributed by atoms with Crippen LogP contribution in [0.4, 0.5) is 5.69 Å². The Balaban J connectivity index is 2.77. The van der Waals surface area contributed by atoms with Crippen LogP contribution in [0.2, 0.25) is 0 Å². The first-order valence-electron chi connectivity index (χ1n) is 7.72. The highest BCUT2D eigenvalue weighted by molar-refractivity contribution is 5.81. The van der Waals surface area contributed by atoms with E-state index in [1.54, 1.807) is 0 Å². The molecule has 0 aromatic heterocycles. The minimum Gasteiger partial charge on any atom is -0.365 e. The number of aryl methyl sites for hydroxylation is 1. The van der Waals surface area contributed by atoms with Crippen LogP contribution in [0.3, 0.4) is 0 Å². The summed E-state index contributed by atoms with van der Waals surface area (Å²) >= 11 is 0. The third kappa shape index (κ3) is 6.17. The Morgan fingerprint density at radius 3 is 2.67 bits per heavy atom. The highest BCUT2D eigenvalue weighted by Gasteiger charge is 2.11. The maximum Gasteiger partial charge on any atom is 0.239 e. The summed E-state index contributed by atoms with van der Waals surface area (Å²) in [7, 11) is 1.96. The van der Waals surface area contributed by atoms with Crippen LogP contribution in [-0.2, 0) is 11.3 Å². The number of hydrogen-bond donors (Lipinski definition) is 2. The lowest BCUT2D eigenvalue weighted by molar-refractivity contribution is -0.119. The quantitative estimate of drug-likeness (QED) is 0.772. The first-order valence-corrected chi connectivity index (χ1v) is 7.72. The Bertz CT molecular complexity index is 457. The molecule has 0 spiro atoms. The van der Waals surface area contributed by atoms with Crippen molar-refractivity contribution in [1.29, 1.82) is 0 Å². The standard InChI is InChI=1S/C17H29N3O/c1-6-19-17(21)12-20(5)16-8-7-14(4)9-15(16)11-18-10-13(2)3/h7-9,13,18H,6,10-12H2,1-5H3,(H,19,21). The van der Waals surface area contributed by atoms with Crippen molar-refractivity contribution in [2.24, 2.45) is 5.92 Å². The van der Waals surface area contributed by atoms with Gasteiger partial charge < -0.3 is 15.5 Å². The molecule has 0 saturated carbocycles. The van der Waals surface area contributed by atoms with E-state index in [0.717, 1.165) is 18.8 Å². The number of likely N-dealkylation sites (N-methyl/N-ethyl adjacent to an activating group) is 2. The van der Waals surface area contributed by atoms with E-state index < -0.39 is 0 Å². The monoisotopic (exact) mass is 291 g/mol. The van der Waals surface area contributed by atoms with Gasteiger partial charge in [-0.1, -0.05) is 31.5 Å². The summed E-state index contributed by atoms with van der Waals surface area (Å²) in [5, 5.41) is 6.31. The number of anilines is 1. The van der Waals surface area contributed by atoms with Gasteiger partial charge in [0.05, 0.1) is 6.54 Å². The fraction of sp³-hybridized carbons (Fsp3) is 0.588. The molecular weight excluding hydrogens is 262 g/mol. The molecule has 0 radical (unpaired) electrons. The van der Waals surface area contributed by atoms with E-state index in [-0.39, 0.29) is 5.91 Å². The van der Waals surface area contributed by atoms with Crippen LogP contribution < -0.4 is 15.5 Å². The molecule has 0 atom stereocenters. The molecule has 0 heterocycles. The highest BCUT2D eigenvalue weighted by atomic mass is 16.2. The van der Waals surface area contributed by atoms with E-state index in [2.05, 4.69) is 49.6 Å². The van der Waals surface area contributed by atoms with Gasteiger partial charge in [-0.05, 0) is 37.9 Å². The molecule has 1 aromatic rings. The van der Waals surface area contributed by atoms with Crippen LogP contribution in [0.1, 0.15) is 31.9 Å². The van der Waals surface area contributed by atoms with Gasteiger partial charge in [0, 0.05) is 25.8 Å². The fourth-order valence-electron chi connectivity index (χ4n) is 2.28. The number of nitrogens with one attached hydrogen (secondary N) is 2. The van der Waals surface area contributed by atoms with Crippen molar-refractivity contribution in [2.45, 2.75) is 34.2 Å². The van der Waals surface area contributed by atoms with Gasteiger partial charge in [0.2, 0.25) is 5.91 Å². The third-order valence-electron chi connectivity index (χ3n) is 3.27. The third-order valence-corrected chi connectivity index (χ3v) is 3.27. The fourth-order valence-corrected chi connectivity index (χ4v) is 2.28. The molecule has 4 nitrogen and oxygen atoms in total. The minimum atomic E-state index is 0.0571. The van der Waals surface area contributed by atoms with E-state index in [4.69, 9.17) is 0 Å². The lowest BCUT2D eigenvalue weighted by atomic mass is 10.1. The van der Waals surface area contributed by atoms with Gasteiger partial charge in [0.1, 0.15) is 0 Å². The van der Waals surface area contributed by atoms with Crippen molar-refractivity contribution >= 4 is 11.6 Å².